The monoisotopic (exact) mass is 412 g/mol. The number of anilines is 1. The summed E-state index contributed by atoms with van der Waals surface area (Å²) in [5.41, 5.74) is 0.500. The maximum Gasteiger partial charge on any atom is 0.243 e. The van der Waals surface area contributed by atoms with E-state index in [2.05, 4.69) is 5.32 Å². The molecule has 29 heavy (non-hydrogen) atoms. The molecule has 0 aliphatic carbocycles. The van der Waals surface area contributed by atoms with Gasteiger partial charge in [-0.25, -0.2) is 8.42 Å². The Hall–Kier alpha value is -2.90. The minimum atomic E-state index is -3.82. The highest BCUT2D eigenvalue weighted by atomic mass is 32.2. The molecule has 0 bridgehead atoms. The van der Waals surface area contributed by atoms with Gasteiger partial charge in [-0.15, -0.1) is 0 Å². The Balaban J connectivity index is 1.84. The summed E-state index contributed by atoms with van der Waals surface area (Å²) in [5, 5.41) is 4.53. The largest absolute Gasteiger partial charge is 0.495 e. The first-order valence-corrected chi connectivity index (χ1v) is 10.8. The summed E-state index contributed by atoms with van der Waals surface area (Å²) in [4.78, 5) is 12.8. The maximum atomic E-state index is 13.2. The molecular formula is C22H24N2O4S. The van der Waals surface area contributed by atoms with Gasteiger partial charge in [0.15, 0.2) is 0 Å². The first-order chi connectivity index (χ1) is 14.0. The average molecular weight is 413 g/mol. The normalized spacial score (nSPS) is 11.6. The summed E-state index contributed by atoms with van der Waals surface area (Å²) >= 11 is 0. The number of carbonyl (C=O) groups excluding carboxylic acids is 1. The van der Waals surface area contributed by atoms with Crippen LogP contribution in [0.5, 0.6) is 5.75 Å². The van der Waals surface area contributed by atoms with Crippen LogP contribution in [0.4, 0.5) is 5.69 Å². The van der Waals surface area contributed by atoms with Gasteiger partial charge >= 0.3 is 0 Å². The van der Waals surface area contributed by atoms with Crippen LogP contribution in [-0.2, 0) is 14.8 Å². The highest BCUT2D eigenvalue weighted by Gasteiger charge is 2.26. The quantitative estimate of drug-likeness (QED) is 0.609. The molecule has 0 spiro atoms. The third-order valence-corrected chi connectivity index (χ3v) is 6.37. The lowest BCUT2D eigenvalue weighted by Crippen LogP contribution is -2.38. The van der Waals surface area contributed by atoms with E-state index < -0.39 is 15.9 Å². The Morgan fingerprint density at radius 3 is 2.41 bits per heavy atom. The number of benzene rings is 3. The van der Waals surface area contributed by atoms with E-state index in [1.165, 1.54) is 11.4 Å². The topological polar surface area (TPSA) is 75.7 Å². The number of nitrogens with zero attached hydrogens (tertiary/aromatic N) is 1. The van der Waals surface area contributed by atoms with Gasteiger partial charge in [-0.1, -0.05) is 49.4 Å². The van der Waals surface area contributed by atoms with Crippen molar-refractivity contribution in [2.24, 2.45) is 0 Å². The molecule has 0 saturated carbocycles. The molecule has 0 heterocycles. The molecule has 0 fully saturated rings. The van der Waals surface area contributed by atoms with E-state index >= 15 is 0 Å². The van der Waals surface area contributed by atoms with Crippen molar-refractivity contribution in [3.05, 3.63) is 66.7 Å². The standard InChI is InChI=1S/C22H24N2O4S/c1-3-14-24(16-22(25)23-20-10-6-7-11-21(20)28-2)29(26,27)19-13-12-17-8-4-5-9-18(17)15-19/h4-13,15H,3,14,16H2,1-2H3,(H,23,25). The molecule has 0 aliphatic rings. The van der Waals surface area contributed by atoms with Gasteiger partial charge in [0.2, 0.25) is 15.9 Å². The number of amides is 1. The number of sulfonamides is 1. The number of nitrogens with one attached hydrogen (secondary N) is 1. The van der Waals surface area contributed by atoms with Crippen LogP contribution < -0.4 is 10.1 Å². The summed E-state index contributed by atoms with van der Waals surface area (Å²) in [6, 6.07) is 19.6. The second-order valence-electron chi connectivity index (χ2n) is 6.60. The fourth-order valence-electron chi connectivity index (χ4n) is 3.11. The summed E-state index contributed by atoms with van der Waals surface area (Å²) < 4.78 is 32.8. The third kappa shape index (κ3) is 4.75. The zero-order chi connectivity index (χ0) is 20.9. The van der Waals surface area contributed by atoms with Crippen LogP contribution >= 0.6 is 0 Å². The summed E-state index contributed by atoms with van der Waals surface area (Å²) in [6.07, 6.45) is 0.592. The van der Waals surface area contributed by atoms with Gasteiger partial charge in [-0.2, -0.15) is 4.31 Å². The number of carbonyl (C=O) groups is 1. The molecule has 3 rings (SSSR count). The van der Waals surface area contributed by atoms with Crippen LogP contribution in [0.15, 0.2) is 71.6 Å². The predicted molar refractivity (Wildman–Crippen MR) is 115 cm³/mol. The van der Waals surface area contributed by atoms with Gasteiger partial charge in [0, 0.05) is 6.54 Å². The van der Waals surface area contributed by atoms with Gasteiger partial charge in [-0.3, -0.25) is 4.79 Å². The van der Waals surface area contributed by atoms with Crippen molar-refractivity contribution in [3.8, 4) is 5.75 Å². The van der Waals surface area contributed by atoms with Crippen molar-refractivity contribution in [1.82, 2.24) is 4.31 Å². The second kappa shape index (κ2) is 9.07. The Kier molecular flexibility index (Phi) is 6.51. The molecule has 3 aromatic carbocycles. The number of methoxy groups -OCH3 is 1. The van der Waals surface area contributed by atoms with Gasteiger partial charge < -0.3 is 10.1 Å². The minimum Gasteiger partial charge on any atom is -0.495 e. The van der Waals surface area contributed by atoms with Crippen molar-refractivity contribution in [1.29, 1.82) is 0 Å². The van der Waals surface area contributed by atoms with Gasteiger partial charge in [0.25, 0.3) is 0 Å². The number of ether oxygens (including phenoxy) is 1. The third-order valence-electron chi connectivity index (χ3n) is 4.53. The lowest BCUT2D eigenvalue weighted by Gasteiger charge is -2.21. The molecule has 7 heteroatoms. The van der Waals surface area contributed by atoms with Crippen molar-refractivity contribution in [2.75, 3.05) is 25.5 Å². The molecule has 0 aromatic heterocycles. The molecule has 3 aromatic rings. The van der Waals surface area contributed by atoms with E-state index in [9.17, 15) is 13.2 Å². The second-order valence-corrected chi connectivity index (χ2v) is 8.53. The van der Waals surface area contributed by atoms with E-state index in [0.29, 0.717) is 17.9 Å². The van der Waals surface area contributed by atoms with E-state index in [1.807, 2.05) is 31.2 Å². The highest BCUT2D eigenvalue weighted by molar-refractivity contribution is 7.89. The fraction of sp³-hybridized carbons (Fsp3) is 0.227. The molecule has 0 saturated heterocycles. The number of hydrogen-bond donors (Lipinski definition) is 1. The van der Waals surface area contributed by atoms with E-state index in [1.54, 1.807) is 42.5 Å². The first kappa shape index (κ1) is 20.8. The number of fused-ring (bicyclic) bond motifs is 1. The molecule has 0 atom stereocenters. The van der Waals surface area contributed by atoms with Gasteiger partial charge in [-0.05, 0) is 41.5 Å². The van der Waals surface area contributed by atoms with E-state index in [-0.39, 0.29) is 18.0 Å². The zero-order valence-corrected chi connectivity index (χ0v) is 17.3. The van der Waals surface area contributed by atoms with Crippen LogP contribution in [0.2, 0.25) is 0 Å². The number of para-hydroxylation sites is 2. The Labute approximate surface area is 171 Å². The van der Waals surface area contributed by atoms with Crippen molar-refractivity contribution >= 4 is 32.4 Å². The molecule has 0 unspecified atom stereocenters. The highest BCUT2D eigenvalue weighted by Crippen LogP contribution is 2.24. The SMILES string of the molecule is CCCN(CC(=O)Nc1ccccc1OC)S(=O)(=O)c1ccc2ccccc2c1. The average Bonchev–Trinajstić information content (AvgIpc) is 2.73. The molecule has 6 nitrogen and oxygen atoms in total. The lowest BCUT2D eigenvalue weighted by atomic mass is 10.1. The zero-order valence-electron chi connectivity index (χ0n) is 16.5. The lowest BCUT2D eigenvalue weighted by molar-refractivity contribution is -0.116. The molecular weight excluding hydrogens is 388 g/mol. The van der Waals surface area contributed by atoms with E-state index in [0.717, 1.165) is 10.8 Å². The number of hydrogen-bond acceptors (Lipinski definition) is 4. The molecule has 1 N–H and O–H groups in total. The number of rotatable bonds is 8. The van der Waals surface area contributed by atoms with E-state index in [4.69, 9.17) is 4.74 Å². The minimum absolute atomic E-state index is 0.176. The maximum absolute atomic E-state index is 13.2. The molecule has 0 aliphatic heterocycles. The predicted octanol–water partition coefficient (Wildman–Crippen LogP) is 3.89. The van der Waals surface area contributed by atoms with Crippen LogP contribution in [-0.4, -0.2) is 38.8 Å². The molecule has 1 amide bonds. The Morgan fingerprint density at radius 2 is 1.69 bits per heavy atom. The summed E-state index contributed by atoms with van der Waals surface area (Å²) in [5.74, 6) is 0.0904. The van der Waals surface area contributed by atoms with Crippen LogP contribution in [0.1, 0.15) is 13.3 Å². The summed E-state index contributed by atoms with van der Waals surface area (Å²) in [6.45, 7) is 1.84. The molecule has 0 radical (unpaired) electrons. The van der Waals surface area contributed by atoms with Crippen LogP contribution in [0, 0.1) is 0 Å². The summed E-state index contributed by atoms with van der Waals surface area (Å²) in [7, 11) is -2.30. The van der Waals surface area contributed by atoms with Gasteiger partial charge in [0.1, 0.15) is 5.75 Å². The van der Waals surface area contributed by atoms with Crippen LogP contribution in [0.3, 0.4) is 0 Å². The van der Waals surface area contributed by atoms with Crippen molar-refractivity contribution in [2.45, 2.75) is 18.2 Å². The molecule has 152 valence electrons. The smallest absolute Gasteiger partial charge is 0.243 e. The Morgan fingerprint density at radius 1 is 1.00 bits per heavy atom. The van der Waals surface area contributed by atoms with Crippen molar-refractivity contribution in [3.63, 3.8) is 0 Å². The van der Waals surface area contributed by atoms with Gasteiger partial charge in [0.05, 0.1) is 24.2 Å². The Bertz CT molecular complexity index is 1110. The van der Waals surface area contributed by atoms with Crippen LogP contribution in [0.25, 0.3) is 10.8 Å². The first-order valence-electron chi connectivity index (χ1n) is 9.37. The fourth-order valence-corrected chi connectivity index (χ4v) is 4.63. The van der Waals surface area contributed by atoms with Crippen molar-refractivity contribution < 1.29 is 17.9 Å².